The van der Waals surface area contributed by atoms with E-state index in [0.717, 1.165) is 5.56 Å². The van der Waals surface area contributed by atoms with Crippen LogP contribution in [0.5, 0.6) is 5.75 Å². The summed E-state index contributed by atoms with van der Waals surface area (Å²) < 4.78 is 33.2. The Morgan fingerprint density at radius 2 is 2.00 bits per heavy atom. The van der Waals surface area contributed by atoms with Crippen LogP contribution in [0.25, 0.3) is 0 Å². The summed E-state index contributed by atoms with van der Waals surface area (Å²) in [6.07, 6.45) is 0.462. The fraction of sp³-hybridized carbons (Fsp3) is 0.588. The molecule has 1 aromatic rings. The summed E-state index contributed by atoms with van der Waals surface area (Å²) in [4.78, 5) is 14.1. The largest absolute Gasteiger partial charge is 0.383 e. The van der Waals surface area contributed by atoms with E-state index in [0.29, 0.717) is 26.1 Å². The molecule has 0 bridgehead atoms. The average molecular weight is 357 g/mol. The van der Waals surface area contributed by atoms with E-state index in [1.807, 2.05) is 19.9 Å². The van der Waals surface area contributed by atoms with Crippen LogP contribution in [0.3, 0.4) is 0 Å². The van der Waals surface area contributed by atoms with Gasteiger partial charge in [-0.25, -0.2) is 0 Å². The van der Waals surface area contributed by atoms with E-state index in [2.05, 4.69) is 0 Å². The lowest BCUT2D eigenvalue weighted by atomic mass is 10.1. The Labute approximate surface area is 144 Å². The van der Waals surface area contributed by atoms with Gasteiger partial charge in [0.25, 0.3) is 0 Å². The van der Waals surface area contributed by atoms with E-state index in [-0.39, 0.29) is 23.3 Å². The van der Waals surface area contributed by atoms with Crippen LogP contribution < -0.4 is 4.18 Å². The highest BCUT2D eigenvalue weighted by atomic mass is 32.2. The lowest BCUT2D eigenvalue weighted by Gasteiger charge is -2.23. The molecule has 136 valence electrons. The van der Waals surface area contributed by atoms with Gasteiger partial charge in [0, 0.05) is 26.6 Å². The first-order valence-corrected chi connectivity index (χ1v) is 9.63. The number of carbonyl (C=O) groups excluding carboxylic acids is 1. The molecule has 1 amide bonds. The van der Waals surface area contributed by atoms with Crippen molar-refractivity contribution in [1.29, 1.82) is 0 Å². The number of benzene rings is 1. The molecule has 0 spiro atoms. The topological polar surface area (TPSA) is 72.9 Å². The Hall–Kier alpha value is -1.60. The summed E-state index contributed by atoms with van der Waals surface area (Å²) in [6.45, 7) is 6.84. The summed E-state index contributed by atoms with van der Waals surface area (Å²) >= 11 is 0. The van der Waals surface area contributed by atoms with Crippen LogP contribution >= 0.6 is 0 Å². The van der Waals surface area contributed by atoms with Gasteiger partial charge in [-0.1, -0.05) is 26.0 Å². The summed E-state index contributed by atoms with van der Waals surface area (Å²) in [5.74, 6) is 0.489. The van der Waals surface area contributed by atoms with Gasteiger partial charge in [0.05, 0.1) is 12.4 Å². The first-order chi connectivity index (χ1) is 11.3. The molecular weight excluding hydrogens is 330 g/mol. The summed E-state index contributed by atoms with van der Waals surface area (Å²) in [5.41, 5.74) is 0.812. The molecule has 0 aliphatic heterocycles. The van der Waals surface area contributed by atoms with Gasteiger partial charge in [0.15, 0.2) is 0 Å². The van der Waals surface area contributed by atoms with Gasteiger partial charge >= 0.3 is 10.1 Å². The van der Waals surface area contributed by atoms with Crippen molar-refractivity contribution in [2.75, 3.05) is 26.0 Å². The lowest BCUT2D eigenvalue weighted by molar-refractivity contribution is -0.133. The van der Waals surface area contributed by atoms with E-state index in [1.54, 1.807) is 30.2 Å². The maximum atomic E-state index is 12.4. The number of hydrogen-bond acceptors (Lipinski definition) is 5. The summed E-state index contributed by atoms with van der Waals surface area (Å²) in [5, 5.41) is 0. The highest BCUT2D eigenvalue weighted by Crippen LogP contribution is 2.18. The van der Waals surface area contributed by atoms with E-state index in [4.69, 9.17) is 8.92 Å². The Morgan fingerprint density at radius 3 is 2.58 bits per heavy atom. The van der Waals surface area contributed by atoms with Crippen molar-refractivity contribution in [2.24, 2.45) is 5.92 Å². The van der Waals surface area contributed by atoms with E-state index < -0.39 is 10.1 Å². The maximum absolute atomic E-state index is 12.4. The second-order valence-corrected chi connectivity index (χ2v) is 7.84. The third-order valence-corrected chi connectivity index (χ3v) is 4.50. The highest BCUT2D eigenvalue weighted by Gasteiger charge is 2.16. The van der Waals surface area contributed by atoms with Gasteiger partial charge in [0.2, 0.25) is 5.91 Å². The maximum Gasteiger partial charge on any atom is 0.308 e. The second-order valence-electron chi connectivity index (χ2n) is 5.98. The fourth-order valence-corrected chi connectivity index (χ4v) is 2.61. The molecular formula is C17H27NO5S. The van der Waals surface area contributed by atoms with Gasteiger partial charge in [0.1, 0.15) is 5.75 Å². The van der Waals surface area contributed by atoms with Crippen LogP contribution in [0, 0.1) is 5.92 Å². The fourth-order valence-electron chi connectivity index (χ4n) is 2.09. The van der Waals surface area contributed by atoms with Crippen LogP contribution in [0.1, 0.15) is 32.8 Å². The van der Waals surface area contributed by atoms with Crippen LogP contribution in [0.2, 0.25) is 0 Å². The van der Waals surface area contributed by atoms with E-state index >= 15 is 0 Å². The molecule has 0 unspecified atom stereocenters. The number of ether oxygens (including phenoxy) is 1. The SMILES string of the molecule is CCS(=O)(=O)Oc1cccc(CN(CCOC)C(=O)CC(C)C)c1. The normalized spacial score (nSPS) is 11.5. The van der Waals surface area contributed by atoms with Crippen molar-refractivity contribution < 1.29 is 22.1 Å². The molecule has 6 nitrogen and oxygen atoms in total. The quantitative estimate of drug-likeness (QED) is 0.601. The molecule has 1 aromatic carbocycles. The lowest BCUT2D eigenvalue weighted by Crippen LogP contribution is -2.34. The van der Waals surface area contributed by atoms with E-state index in [9.17, 15) is 13.2 Å². The number of carbonyl (C=O) groups is 1. The number of methoxy groups -OCH3 is 1. The van der Waals surface area contributed by atoms with Gasteiger partial charge in [-0.15, -0.1) is 0 Å². The van der Waals surface area contributed by atoms with Gasteiger partial charge in [-0.2, -0.15) is 8.42 Å². The van der Waals surface area contributed by atoms with Crippen molar-refractivity contribution in [2.45, 2.75) is 33.7 Å². The number of nitrogens with zero attached hydrogens (tertiary/aromatic N) is 1. The summed E-state index contributed by atoms with van der Waals surface area (Å²) in [7, 11) is -1.97. The van der Waals surface area contributed by atoms with Crippen LogP contribution in [0.15, 0.2) is 24.3 Å². The van der Waals surface area contributed by atoms with Gasteiger partial charge in [-0.05, 0) is 30.5 Å². The molecule has 0 aliphatic carbocycles. The molecule has 24 heavy (non-hydrogen) atoms. The number of amides is 1. The molecule has 0 aliphatic rings. The molecule has 0 fully saturated rings. The Morgan fingerprint density at radius 1 is 1.29 bits per heavy atom. The standard InChI is InChI=1S/C17H27NO5S/c1-5-24(20,21)23-16-8-6-7-15(12-16)13-18(9-10-22-4)17(19)11-14(2)3/h6-8,12,14H,5,9-11,13H2,1-4H3. The molecule has 0 N–H and O–H groups in total. The second kappa shape index (κ2) is 9.64. The molecule has 0 heterocycles. The molecule has 0 saturated heterocycles. The molecule has 1 rings (SSSR count). The van der Waals surface area contributed by atoms with Crippen molar-refractivity contribution in [3.05, 3.63) is 29.8 Å². The zero-order valence-electron chi connectivity index (χ0n) is 14.8. The third-order valence-electron chi connectivity index (χ3n) is 3.35. The minimum absolute atomic E-state index is 0.0505. The molecule has 0 aromatic heterocycles. The minimum atomic E-state index is -3.56. The molecule has 0 atom stereocenters. The van der Waals surface area contributed by atoms with Crippen LogP contribution in [0.4, 0.5) is 0 Å². The summed E-state index contributed by atoms with van der Waals surface area (Å²) in [6, 6.07) is 6.80. The van der Waals surface area contributed by atoms with Gasteiger partial charge < -0.3 is 13.8 Å². The van der Waals surface area contributed by atoms with Crippen LogP contribution in [-0.2, 0) is 26.2 Å². The smallest absolute Gasteiger partial charge is 0.308 e. The molecule has 0 radical (unpaired) electrons. The van der Waals surface area contributed by atoms with Gasteiger partial charge in [-0.3, -0.25) is 4.79 Å². The average Bonchev–Trinajstić information content (AvgIpc) is 2.50. The zero-order valence-corrected chi connectivity index (χ0v) is 15.6. The molecule has 7 heteroatoms. The number of hydrogen-bond donors (Lipinski definition) is 0. The van der Waals surface area contributed by atoms with Crippen molar-refractivity contribution >= 4 is 16.0 Å². The predicted molar refractivity (Wildman–Crippen MR) is 93.3 cm³/mol. The minimum Gasteiger partial charge on any atom is -0.383 e. The van der Waals surface area contributed by atoms with E-state index in [1.165, 1.54) is 6.92 Å². The first kappa shape index (κ1) is 20.4. The molecule has 0 saturated carbocycles. The Balaban J connectivity index is 2.87. The van der Waals surface area contributed by atoms with Crippen molar-refractivity contribution in [3.8, 4) is 5.75 Å². The van der Waals surface area contributed by atoms with Crippen molar-refractivity contribution in [3.63, 3.8) is 0 Å². The highest BCUT2D eigenvalue weighted by molar-refractivity contribution is 7.87. The van der Waals surface area contributed by atoms with Crippen LogP contribution in [-0.4, -0.2) is 45.2 Å². The Kier molecular flexibility index (Phi) is 8.21. The Bertz CT molecular complexity index is 628. The first-order valence-electron chi connectivity index (χ1n) is 8.05. The number of rotatable bonds is 10. The zero-order chi connectivity index (χ0) is 18.2. The third kappa shape index (κ3) is 7.31. The predicted octanol–water partition coefficient (Wildman–Crippen LogP) is 2.44. The monoisotopic (exact) mass is 357 g/mol. The van der Waals surface area contributed by atoms with Crippen molar-refractivity contribution in [1.82, 2.24) is 4.90 Å².